The Kier molecular flexibility index (Phi) is 13.0. The maximum Gasteiger partial charge on any atom is 0.326 e. The summed E-state index contributed by atoms with van der Waals surface area (Å²) in [5.74, 6) is -4.14. The zero-order chi connectivity index (χ0) is 25.9. The largest absolute Gasteiger partial charge is 0.480 e. The Bertz CT molecular complexity index is 707. The van der Waals surface area contributed by atoms with Crippen molar-refractivity contribution in [3.05, 3.63) is 0 Å². The molecule has 0 saturated heterocycles. The fraction of sp³-hybridized carbons (Fsp3) is 0.750. The first-order chi connectivity index (χ1) is 15.2. The molecule has 5 atom stereocenters. The van der Waals surface area contributed by atoms with Crippen LogP contribution < -0.4 is 33.2 Å². The van der Waals surface area contributed by atoms with E-state index in [0.717, 1.165) is 0 Å². The van der Waals surface area contributed by atoms with Crippen LogP contribution in [0.25, 0.3) is 0 Å². The second-order valence-electron chi connectivity index (χ2n) is 8.58. The smallest absolute Gasteiger partial charge is 0.326 e. The number of nitrogens with zero attached hydrogens (tertiary/aromatic N) is 1. The average molecular weight is 474 g/mol. The molecular formula is C20H39N7O6. The average Bonchev–Trinajstić information content (AvgIpc) is 2.70. The monoisotopic (exact) mass is 473 g/mol. The summed E-state index contributed by atoms with van der Waals surface area (Å²) in [6.45, 7) is 8.29. The number of carbonyl (C=O) groups excluding carboxylic acids is 3. The second-order valence-corrected chi connectivity index (χ2v) is 8.58. The van der Waals surface area contributed by atoms with Crippen LogP contribution in [0.5, 0.6) is 0 Å². The standard InChI is InChI=1S/C20H39N7O6/c1-9(2)13(21)16(29)27-15(11(5)28)18(31)26-14(10(3)4)17(30)25-12(19(32)33)7-6-8-24-20(22)23/h9-15,28H,6-8,21H2,1-5H3,(H,25,30)(H,26,31)(H,27,29)(H,32,33)(H4,22,23,24). The highest BCUT2D eigenvalue weighted by atomic mass is 16.4. The number of nitrogens with one attached hydrogen (secondary N) is 3. The Morgan fingerprint density at radius 3 is 1.79 bits per heavy atom. The van der Waals surface area contributed by atoms with E-state index in [0.29, 0.717) is 6.42 Å². The Morgan fingerprint density at radius 1 is 0.848 bits per heavy atom. The number of carboxylic acid groups (broad SMARTS) is 1. The van der Waals surface area contributed by atoms with Crippen LogP contribution in [0.1, 0.15) is 47.5 Å². The van der Waals surface area contributed by atoms with E-state index in [9.17, 15) is 29.4 Å². The number of aliphatic hydroxyl groups is 1. The number of carbonyl (C=O) groups is 4. The van der Waals surface area contributed by atoms with Gasteiger partial charge in [0.1, 0.15) is 18.1 Å². The number of guanidine groups is 1. The summed E-state index contributed by atoms with van der Waals surface area (Å²) >= 11 is 0. The van der Waals surface area contributed by atoms with Gasteiger partial charge in [0.25, 0.3) is 0 Å². The number of aliphatic imine (C=N–C) groups is 1. The lowest BCUT2D eigenvalue weighted by Gasteiger charge is -2.28. The predicted molar refractivity (Wildman–Crippen MR) is 123 cm³/mol. The minimum atomic E-state index is -1.36. The van der Waals surface area contributed by atoms with Gasteiger partial charge in [0.15, 0.2) is 5.96 Å². The van der Waals surface area contributed by atoms with Gasteiger partial charge in [-0.3, -0.25) is 19.4 Å². The third-order valence-corrected chi connectivity index (χ3v) is 4.89. The van der Waals surface area contributed by atoms with Crippen LogP contribution >= 0.6 is 0 Å². The highest BCUT2D eigenvalue weighted by Crippen LogP contribution is 2.07. The molecule has 0 aliphatic heterocycles. The molecule has 0 radical (unpaired) electrons. The van der Waals surface area contributed by atoms with E-state index in [1.165, 1.54) is 6.92 Å². The number of aliphatic carboxylic acids is 1. The molecule has 0 saturated carbocycles. The lowest BCUT2D eigenvalue weighted by molar-refractivity contribution is -0.143. The van der Waals surface area contributed by atoms with E-state index in [1.807, 2.05) is 0 Å². The summed E-state index contributed by atoms with van der Waals surface area (Å²) in [4.78, 5) is 53.1. The predicted octanol–water partition coefficient (Wildman–Crippen LogP) is -2.40. The maximum absolute atomic E-state index is 12.8. The fourth-order valence-corrected chi connectivity index (χ4v) is 2.76. The van der Waals surface area contributed by atoms with Crippen molar-refractivity contribution < 1.29 is 29.4 Å². The summed E-state index contributed by atoms with van der Waals surface area (Å²) < 4.78 is 0. The van der Waals surface area contributed by atoms with Crippen LogP contribution in [-0.4, -0.2) is 76.7 Å². The van der Waals surface area contributed by atoms with Gasteiger partial charge in [-0.1, -0.05) is 27.7 Å². The van der Waals surface area contributed by atoms with Crippen molar-refractivity contribution in [1.82, 2.24) is 16.0 Å². The van der Waals surface area contributed by atoms with Gasteiger partial charge < -0.3 is 43.4 Å². The molecule has 0 fully saturated rings. The SMILES string of the molecule is CC(C)C(N)C(=O)NC(C(=O)NC(C(=O)NC(CCCN=C(N)N)C(=O)O)C(C)C)C(C)O. The summed E-state index contributed by atoms with van der Waals surface area (Å²) in [6.07, 6.45) is -0.901. The van der Waals surface area contributed by atoms with E-state index in [-0.39, 0.29) is 24.8 Å². The second kappa shape index (κ2) is 14.3. The van der Waals surface area contributed by atoms with Gasteiger partial charge in [-0.05, 0) is 31.6 Å². The van der Waals surface area contributed by atoms with Crippen molar-refractivity contribution in [2.75, 3.05) is 6.54 Å². The van der Waals surface area contributed by atoms with Gasteiger partial charge in [-0.2, -0.15) is 0 Å². The van der Waals surface area contributed by atoms with Crippen molar-refractivity contribution >= 4 is 29.7 Å². The first-order valence-corrected chi connectivity index (χ1v) is 10.8. The van der Waals surface area contributed by atoms with E-state index in [2.05, 4.69) is 20.9 Å². The number of nitrogens with two attached hydrogens (primary N) is 3. The maximum atomic E-state index is 12.8. The van der Waals surface area contributed by atoms with Crippen molar-refractivity contribution in [2.24, 2.45) is 34.0 Å². The van der Waals surface area contributed by atoms with Crippen molar-refractivity contribution in [1.29, 1.82) is 0 Å². The summed E-state index contributed by atoms with van der Waals surface area (Å²) in [5, 5.41) is 26.7. The lowest BCUT2D eigenvalue weighted by Crippen LogP contribution is -2.61. The first kappa shape index (κ1) is 30.1. The Labute approximate surface area is 193 Å². The van der Waals surface area contributed by atoms with Gasteiger partial charge in [0.05, 0.1) is 12.1 Å². The van der Waals surface area contributed by atoms with Crippen LogP contribution in [-0.2, 0) is 19.2 Å². The summed E-state index contributed by atoms with van der Waals surface area (Å²) in [7, 11) is 0. The summed E-state index contributed by atoms with van der Waals surface area (Å²) in [6, 6.07) is -4.58. The van der Waals surface area contributed by atoms with Crippen LogP contribution in [0.4, 0.5) is 0 Å². The van der Waals surface area contributed by atoms with Crippen LogP contribution in [0.3, 0.4) is 0 Å². The topological polar surface area (TPSA) is 235 Å². The number of hydrogen-bond acceptors (Lipinski definition) is 7. The molecule has 190 valence electrons. The van der Waals surface area contributed by atoms with Crippen molar-refractivity contribution in [3.8, 4) is 0 Å². The fourth-order valence-electron chi connectivity index (χ4n) is 2.76. The quantitative estimate of drug-likeness (QED) is 0.0761. The number of carboxylic acids is 1. The minimum Gasteiger partial charge on any atom is -0.480 e. The molecule has 0 aromatic carbocycles. The summed E-state index contributed by atoms with van der Waals surface area (Å²) in [5.41, 5.74) is 16.2. The molecule has 3 amide bonds. The van der Waals surface area contributed by atoms with Crippen LogP contribution in [0.15, 0.2) is 4.99 Å². The van der Waals surface area contributed by atoms with Gasteiger partial charge in [0.2, 0.25) is 17.7 Å². The third kappa shape index (κ3) is 11.0. The van der Waals surface area contributed by atoms with E-state index < -0.39 is 59.9 Å². The highest BCUT2D eigenvalue weighted by Gasteiger charge is 2.33. The molecule has 13 heteroatoms. The first-order valence-electron chi connectivity index (χ1n) is 10.8. The van der Waals surface area contributed by atoms with E-state index in [4.69, 9.17) is 17.2 Å². The molecule has 0 aliphatic rings. The molecule has 5 unspecified atom stereocenters. The Morgan fingerprint density at radius 2 is 1.36 bits per heavy atom. The lowest BCUT2D eigenvalue weighted by atomic mass is 10.0. The Balaban J connectivity index is 5.31. The normalized spacial score (nSPS) is 15.7. The van der Waals surface area contributed by atoms with E-state index >= 15 is 0 Å². The molecule has 0 aromatic rings. The van der Waals surface area contributed by atoms with Crippen molar-refractivity contribution in [3.63, 3.8) is 0 Å². The molecule has 13 nitrogen and oxygen atoms in total. The third-order valence-electron chi connectivity index (χ3n) is 4.89. The molecule has 0 bridgehead atoms. The van der Waals surface area contributed by atoms with Gasteiger partial charge in [0, 0.05) is 6.54 Å². The molecule has 11 N–H and O–H groups in total. The number of amides is 3. The van der Waals surface area contributed by atoms with Gasteiger partial charge in [-0.25, -0.2) is 4.79 Å². The minimum absolute atomic E-state index is 0.0655. The molecule has 0 heterocycles. The highest BCUT2D eigenvalue weighted by molar-refractivity contribution is 5.94. The molecule has 0 aliphatic carbocycles. The molecule has 0 spiro atoms. The van der Waals surface area contributed by atoms with Gasteiger partial charge >= 0.3 is 5.97 Å². The zero-order valence-electron chi connectivity index (χ0n) is 19.9. The molecular weight excluding hydrogens is 434 g/mol. The van der Waals surface area contributed by atoms with Crippen molar-refractivity contribution in [2.45, 2.75) is 77.7 Å². The number of aliphatic hydroxyl groups excluding tert-OH is 1. The zero-order valence-corrected chi connectivity index (χ0v) is 19.9. The Hall–Kier alpha value is -2.93. The molecule has 33 heavy (non-hydrogen) atoms. The molecule has 0 rings (SSSR count). The number of rotatable bonds is 14. The van der Waals surface area contributed by atoms with E-state index in [1.54, 1.807) is 27.7 Å². The van der Waals surface area contributed by atoms with Gasteiger partial charge in [-0.15, -0.1) is 0 Å². The number of hydrogen-bond donors (Lipinski definition) is 8. The van der Waals surface area contributed by atoms with Crippen LogP contribution in [0.2, 0.25) is 0 Å². The molecule has 0 aromatic heterocycles. The van der Waals surface area contributed by atoms with Crippen LogP contribution in [0, 0.1) is 11.8 Å².